The van der Waals surface area contributed by atoms with E-state index >= 15 is 0 Å². The molecular weight excluding hydrogens is 479 g/mol. The molecule has 3 N–H and O–H groups in total. The molecule has 0 saturated carbocycles. The molecule has 2 atom stereocenters. The van der Waals surface area contributed by atoms with Crippen LogP contribution in [-0.4, -0.2) is 38.4 Å². The van der Waals surface area contributed by atoms with Crippen molar-refractivity contribution in [2.24, 2.45) is 0 Å². The van der Waals surface area contributed by atoms with Crippen LogP contribution >= 0.6 is 22.9 Å². The fourth-order valence-corrected chi connectivity index (χ4v) is 4.71. The Balaban J connectivity index is 1.56. The Labute approximate surface area is 203 Å². The number of rotatable bonds is 9. The van der Waals surface area contributed by atoms with Gasteiger partial charge in [0.1, 0.15) is 11.5 Å². The summed E-state index contributed by atoms with van der Waals surface area (Å²) in [5.41, 5.74) is 2.09. The molecule has 2 unspecified atom stereocenters. The van der Waals surface area contributed by atoms with Crippen molar-refractivity contribution in [1.29, 1.82) is 0 Å². The summed E-state index contributed by atoms with van der Waals surface area (Å²) in [5.74, 6) is -2.54. The van der Waals surface area contributed by atoms with Gasteiger partial charge in [-0.2, -0.15) is 0 Å². The van der Waals surface area contributed by atoms with Crippen molar-refractivity contribution >= 4 is 34.8 Å². The third kappa shape index (κ3) is 5.67. The van der Waals surface area contributed by atoms with Gasteiger partial charge < -0.3 is 10.4 Å². The van der Waals surface area contributed by atoms with Crippen molar-refractivity contribution in [3.63, 3.8) is 0 Å². The summed E-state index contributed by atoms with van der Waals surface area (Å²) in [5, 5.41) is 24.6. The molecule has 0 aliphatic heterocycles. The van der Waals surface area contributed by atoms with Gasteiger partial charge in [-0.1, -0.05) is 47.1 Å². The first-order chi connectivity index (χ1) is 16.4. The summed E-state index contributed by atoms with van der Waals surface area (Å²) in [6.45, 7) is 0. The third-order valence-corrected chi connectivity index (χ3v) is 6.60. The van der Waals surface area contributed by atoms with Crippen LogP contribution < -0.4 is 5.32 Å². The zero-order valence-electron chi connectivity index (χ0n) is 17.7. The quantitative estimate of drug-likeness (QED) is 0.303. The first kappa shape index (κ1) is 23.6. The molecule has 34 heavy (non-hydrogen) atoms. The van der Waals surface area contributed by atoms with Gasteiger partial charge in [0, 0.05) is 21.5 Å². The highest BCUT2D eigenvalue weighted by Crippen LogP contribution is 2.29. The maximum Gasteiger partial charge on any atom is 0.311 e. The highest BCUT2D eigenvalue weighted by atomic mass is 35.5. The zero-order valence-corrected chi connectivity index (χ0v) is 19.3. The number of nitrogens with zero attached hydrogens (tertiary/aromatic N) is 2. The maximum atomic E-state index is 14.2. The monoisotopic (exact) mass is 498 g/mol. The molecule has 0 aliphatic carbocycles. The number of carbonyl (C=O) groups excluding carboxylic acids is 1. The van der Waals surface area contributed by atoms with Crippen molar-refractivity contribution in [1.82, 2.24) is 20.7 Å². The SMILES string of the molecule is O=C(NC(Cc1ccc(-c2cc(Cl)ccc2F)cc1)CC(C(=O)O)c1cccs1)c1cnn[nH]1. The lowest BCUT2D eigenvalue weighted by Crippen LogP contribution is -2.38. The minimum Gasteiger partial charge on any atom is -0.481 e. The van der Waals surface area contributed by atoms with Crippen LogP contribution in [0.3, 0.4) is 0 Å². The molecule has 2 aromatic heterocycles. The highest BCUT2D eigenvalue weighted by Gasteiger charge is 2.27. The second kappa shape index (κ2) is 10.6. The van der Waals surface area contributed by atoms with Crippen molar-refractivity contribution < 1.29 is 19.1 Å². The smallest absolute Gasteiger partial charge is 0.311 e. The number of hydrogen-bond donors (Lipinski definition) is 3. The van der Waals surface area contributed by atoms with Gasteiger partial charge in [-0.15, -0.1) is 16.4 Å². The predicted molar refractivity (Wildman–Crippen MR) is 127 cm³/mol. The fraction of sp³-hybridized carbons (Fsp3) is 0.167. The van der Waals surface area contributed by atoms with Crippen LogP contribution in [0, 0.1) is 5.82 Å². The van der Waals surface area contributed by atoms with Gasteiger partial charge >= 0.3 is 5.97 Å². The number of amides is 1. The Kier molecular flexibility index (Phi) is 7.34. The number of aromatic amines is 1. The number of benzene rings is 2. The van der Waals surface area contributed by atoms with Crippen LogP contribution in [0.4, 0.5) is 4.39 Å². The lowest BCUT2D eigenvalue weighted by atomic mass is 9.93. The van der Waals surface area contributed by atoms with Crippen LogP contribution in [0.5, 0.6) is 0 Å². The van der Waals surface area contributed by atoms with Crippen molar-refractivity contribution in [3.8, 4) is 11.1 Å². The van der Waals surface area contributed by atoms with E-state index in [2.05, 4.69) is 20.7 Å². The van der Waals surface area contributed by atoms with E-state index in [9.17, 15) is 19.1 Å². The molecule has 0 spiro atoms. The van der Waals surface area contributed by atoms with Crippen molar-refractivity contribution in [2.75, 3.05) is 0 Å². The van der Waals surface area contributed by atoms with E-state index in [1.807, 2.05) is 17.5 Å². The first-order valence-electron chi connectivity index (χ1n) is 10.4. The van der Waals surface area contributed by atoms with E-state index in [0.29, 0.717) is 27.4 Å². The molecule has 174 valence electrons. The predicted octanol–water partition coefficient (Wildman–Crippen LogP) is 4.93. The Morgan fingerprint density at radius 1 is 1.18 bits per heavy atom. The Hall–Kier alpha value is -3.56. The second-order valence-electron chi connectivity index (χ2n) is 7.71. The minimum absolute atomic E-state index is 0.180. The number of thiophene rings is 1. The molecule has 4 aromatic rings. The summed E-state index contributed by atoms with van der Waals surface area (Å²) in [4.78, 5) is 25.3. The number of carbonyl (C=O) groups is 2. The summed E-state index contributed by atoms with van der Waals surface area (Å²) in [6.07, 6.45) is 1.86. The van der Waals surface area contributed by atoms with Gasteiger partial charge in [0.25, 0.3) is 5.91 Å². The third-order valence-electron chi connectivity index (χ3n) is 5.38. The number of H-pyrrole nitrogens is 1. The number of aromatic nitrogens is 3. The average Bonchev–Trinajstić information content (AvgIpc) is 3.54. The molecule has 4 rings (SSSR count). The summed E-state index contributed by atoms with van der Waals surface area (Å²) in [6, 6.07) is 14.6. The molecule has 0 aliphatic rings. The molecule has 2 aromatic carbocycles. The standard InChI is InChI=1S/C24H20ClFN4O3S/c25-16-7-8-20(26)18(11-16)15-5-3-14(4-6-15)10-17(28-23(31)21-13-27-30-29-21)12-19(24(32)33)22-2-1-9-34-22/h1-9,11,13,17,19H,10,12H2,(H,28,31)(H,32,33)(H,27,29,30). The molecule has 10 heteroatoms. The van der Waals surface area contributed by atoms with Crippen LogP contribution in [-0.2, 0) is 11.2 Å². The Morgan fingerprint density at radius 3 is 2.62 bits per heavy atom. The summed E-state index contributed by atoms with van der Waals surface area (Å²) >= 11 is 7.37. The Morgan fingerprint density at radius 2 is 1.97 bits per heavy atom. The van der Waals surface area contributed by atoms with Crippen molar-refractivity contribution in [3.05, 3.63) is 93.1 Å². The largest absolute Gasteiger partial charge is 0.481 e. The highest BCUT2D eigenvalue weighted by molar-refractivity contribution is 7.10. The summed E-state index contributed by atoms with van der Waals surface area (Å²) < 4.78 is 14.2. The number of nitrogens with one attached hydrogen (secondary N) is 2. The first-order valence-corrected chi connectivity index (χ1v) is 11.6. The van der Waals surface area contributed by atoms with Gasteiger partial charge in [-0.25, -0.2) is 4.39 Å². The Bertz CT molecular complexity index is 1260. The van der Waals surface area contributed by atoms with Crippen LogP contribution in [0.15, 0.2) is 66.2 Å². The maximum absolute atomic E-state index is 14.2. The van der Waals surface area contributed by atoms with Crippen LogP contribution in [0.25, 0.3) is 11.1 Å². The van der Waals surface area contributed by atoms with Gasteiger partial charge in [-0.3, -0.25) is 14.7 Å². The van der Waals surface area contributed by atoms with E-state index in [1.54, 1.807) is 30.3 Å². The van der Waals surface area contributed by atoms with Crippen LogP contribution in [0.1, 0.15) is 33.3 Å². The van der Waals surface area contributed by atoms with E-state index in [-0.39, 0.29) is 17.9 Å². The number of carboxylic acids is 1. The lowest BCUT2D eigenvalue weighted by molar-refractivity contribution is -0.139. The van der Waals surface area contributed by atoms with Crippen LogP contribution in [0.2, 0.25) is 5.02 Å². The number of aliphatic carboxylic acids is 1. The lowest BCUT2D eigenvalue weighted by Gasteiger charge is -2.22. The topological polar surface area (TPSA) is 108 Å². The van der Waals surface area contributed by atoms with Gasteiger partial charge in [0.15, 0.2) is 0 Å². The molecule has 7 nitrogen and oxygen atoms in total. The van der Waals surface area contributed by atoms with E-state index in [1.165, 1.54) is 29.7 Å². The molecule has 0 radical (unpaired) electrons. The van der Waals surface area contributed by atoms with E-state index < -0.39 is 23.8 Å². The molecule has 0 bridgehead atoms. The molecule has 2 heterocycles. The van der Waals surface area contributed by atoms with Gasteiger partial charge in [0.05, 0.1) is 12.1 Å². The second-order valence-corrected chi connectivity index (χ2v) is 9.12. The molecular formula is C24H20ClFN4O3S. The molecule has 0 saturated heterocycles. The molecule has 0 fully saturated rings. The van der Waals surface area contributed by atoms with E-state index in [0.717, 1.165) is 5.56 Å². The fourth-order valence-electron chi connectivity index (χ4n) is 3.70. The number of carboxylic acid groups (broad SMARTS) is 1. The normalized spacial score (nSPS) is 12.8. The van der Waals surface area contributed by atoms with Crippen molar-refractivity contribution in [2.45, 2.75) is 24.8 Å². The average molecular weight is 499 g/mol. The minimum atomic E-state index is -0.961. The van der Waals surface area contributed by atoms with Gasteiger partial charge in [0.2, 0.25) is 0 Å². The molecule has 1 amide bonds. The number of halogens is 2. The number of hydrogen-bond acceptors (Lipinski definition) is 5. The zero-order chi connectivity index (χ0) is 24.1. The van der Waals surface area contributed by atoms with Gasteiger partial charge in [-0.05, 0) is 53.6 Å². The van der Waals surface area contributed by atoms with E-state index in [4.69, 9.17) is 11.6 Å². The summed E-state index contributed by atoms with van der Waals surface area (Å²) in [7, 11) is 0.